The molecule has 0 atom stereocenters. The highest BCUT2D eigenvalue weighted by atomic mass is 32.1. The minimum Gasteiger partial charge on any atom is -0.377 e. The maximum Gasteiger partial charge on any atom is 0.150 e. The second-order valence-corrected chi connectivity index (χ2v) is 5.36. The molecule has 0 amide bonds. The third-order valence-electron chi connectivity index (χ3n) is 2.56. The molecule has 18 heavy (non-hydrogen) atoms. The van der Waals surface area contributed by atoms with Crippen molar-refractivity contribution in [3.05, 3.63) is 35.6 Å². The molecule has 3 aromatic heterocycles. The first-order valence-electron chi connectivity index (χ1n) is 5.42. The Kier molecular flexibility index (Phi) is 3.07. The van der Waals surface area contributed by atoms with Crippen molar-refractivity contribution >= 4 is 27.9 Å². The van der Waals surface area contributed by atoms with Gasteiger partial charge in [-0.05, 0) is 11.4 Å². The van der Waals surface area contributed by atoms with E-state index in [9.17, 15) is 0 Å². The molecule has 0 aliphatic carbocycles. The Bertz CT molecular complexity index is 625. The quantitative estimate of drug-likeness (QED) is 0.796. The van der Waals surface area contributed by atoms with Gasteiger partial charge in [-0.2, -0.15) is 0 Å². The summed E-state index contributed by atoms with van der Waals surface area (Å²) >= 11 is 3.06. The lowest BCUT2D eigenvalue weighted by molar-refractivity contribution is 0.778. The zero-order chi connectivity index (χ0) is 12.4. The molecule has 0 unspecified atom stereocenters. The fourth-order valence-electron chi connectivity index (χ4n) is 1.73. The van der Waals surface area contributed by atoms with E-state index in [4.69, 9.17) is 0 Å². The second-order valence-electron chi connectivity index (χ2n) is 3.65. The highest BCUT2D eigenvalue weighted by Gasteiger charge is 2.11. The van der Waals surface area contributed by atoms with E-state index in [2.05, 4.69) is 35.9 Å². The molecule has 0 bridgehead atoms. The predicted molar refractivity (Wildman–Crippen MR) is 74.1 cm³/mol. The molecule has 3 heterocycles. The summed E-state index contributed by atoms with van der Waals surface area (Å²) in [7, 11) is 1.88. The fraction of sp³-hybridized carbons (Fsp3) is 0.182. The largest absolute Gasteiger partial charge is 0.377 e. The van der Waals surface area contributed by atoms with Crippen LogP contribution in [0, 0.1) is 0 Å². The molecule has 0 spiro atoms. The van der Waals surface area contributed by atoms with Crippen LogP contribution >= 0.6 is 22.9 Å². The standard InChI is InChI=1S/C11H11N5S2/c1-12-11-8(14-15-18-11)7-16-5-4-13-10(16)9-3-2-6-17-9/h2-6,12H,7H2,1H3. The van der Waals surface area contributed by atoms with E-state index in [0.717, 1.165) is 21.4 Å². The van der Waals surface area contributed by atoms with E-state index in [1.165, 1.54) is 11.5 Å². The lowest BCUT2D eigenvalue weighted by Crippen LogP contribution is -2.03. The van der Waals surface area contributed by atoms with Gasteiger partial charge in [-0.15, -0.1) is 16.4 Å². The number of anilines is 1. The molecule has 0 radical (unpaired) electrons. The first-order chi connectivity index (χ1) is 8.88. The van der Waals surface area contributed by atoms with E-state index >= 15 is 0 Å². The molecule has 92 valence electrons. The normalized spacial score (nSPS) is 10.7. The molecule has 3 rings (SSSR count). The van der Waals surface area contributed by atoms with E-state index in [0.29, 0.717) is 6.54 Å². The molecule has 5 nitrogen and oxygen atoms in total. The lowest BCUT2D eigenvalue weighted by atomic mass is 10.4. The maximum absolute atomic E-state index is 4.40. The number of thiophene rings is 1. The van der Waals surface area contributed by atoms with Crippen molar-refractivity contribution in [1.29, 1.82) is 0 Å². The van der Waals surface area contributed by atoms with Crippen LogP contribution in [-0.4, -0.2) is 26.2 Å². The molecule has 0 fully saturated rings. The van der Waals surface area contributed by atoms with Crippen LogP contribution < -0.4 is 5.32 Å². The molecule has 0 saturated heterocycles. The smallest absolute Gasteiger partial charge is 0.150 e. The summed E-state index contributed by atoms with van der Waals surface area (Å²) in [4.78, 5) is 5.56. The van der Waals surface area contributed by atoms with Crippen LogP contribution in [0.3, 0.4) is 0 Å². The first kappa shape index (κ1) is 11.4. The Labute approximate surface area is 112 Å². The summed E-state index contributed by atoms with van der Waals surface area (Å²) in [5, 5.41) is 10.3. The maximum atomic E-state index is 4.40. The number of aromatic nitrogens is 4. The van der Waals surface area contributed by atoms with Gasteiger partial charge in [-0.1, -0.05) is 10.6 Å². The monoisotopic (exact) mass is 277 g/mol. The van der Waals surface area contributed by atoms with E-state index in [-0.39, 0.29) is 0 Å². The summed E-state index contributed by atoms with van der Waals surface area (Å²) in [6.07, 6.45) is 3.78. The van der Waals surface area contributed by atoms with Gasteiger partial charge in [0.25, 0.3) is 0 Å². The molecule has 0 aromatic carbocycles. The molecule has 0 saturated carbocycles. The highest BCUT2D eigenvalue weighted by molar-refractivity contribution is 7.13. The van der Waals surface area contributed by atoms with Crippen molar-refractivity contribution in [2.75, 3.05) is 12.4 Å². The summed E-state index contributed by atoms with van der Waals surface area (Å²) in [6.45, 7) is 0.680. The lowest BCUT2D eigenvalue weighted by Gasteiger charge is -2.05. The minimum absolute atomic E-state index is 0.680. The van der Waals surface area contributed by atoms with Crippen LogP contribution in [-0.2, 0) is 6.54 Å². The van der Waals surface area contributed by atoms with Crippen molar-refractivity contribution < 1.29 is 0 Å². The summed E-state index contributed by atoms with van der Waals surface area (Å²) < 4.78 is 6.05. The van der Waals surface area contributed by atoms with E-state index in [1.54, 1.807) is 11.3 Å². The minimum atomic E-state index is 0.680. The van der Waals surface area contributed by atoms with Crippen molar-refractivity contribution in [2.45, 2.75) is 6.54 Å². The zero-order valence-corrected chi connectivity index (χ0v) is 11.3. The van der Waals surface area contributed by atoms with E-state index < -0.39 is 0 Å². The average molecular weight is 277 g/mol. The molecular weight excluding hydrogens is 266 g/mol. The Hall–Kier alpha value is -1.73. The average Bonchev–Trinajstić information content (AvgIpc) is 3.09. The third kappa shape index (κ3) is 2.02. The molecule has 1 N–H and O–H groups in total. The van der Waals surface area contributed by atoms with Gasteiger partial charge in [0.05, 0.1) is 11.4 Å². The zero-order valence-electron chi connectivity index (χ0n) is 9.70. The van der Waals surface area contributed by atoms with Crippen molar-refractivity contribution in [1.82, 2.24) is 19.1 Å². The Morgan fingerprint density at radius 1 is 1.44 bits per heavy atom. The van der Waals surface area contributed by atoms with Gasteiger partial charge < -0.3 is 9.88 Å². The van der Waals surface area contributed by atoms with Gasteiger partial charge in [0.15, 0.2) is 0 Å². The van der Waals surface area contributed by atoms with Gasteiger partial charge in [0.2, 0.25) is 0 Å². The van der Waals surface area contributed by atoms with Crippen LogP contribution in [0.5, 0.6) is 0 Å². The van der Waals surface area contributed by atoms with Gasteiger partial charge in [0.1, 0.15) is 16.5 Å². The Balaban J connectivity index is 1.92. The van der Waals surface area contributed by atoms with Crippen LogP contribution in [0.25, 0.3) is 10.7 Å². The predicted octanol–water partition coefficient (Wildman–Crippen LogP) is 2.55. The van der Waals surface area contributed by atoms with Crippen molar-refractivity contribution in [3.8, 4) is 10.7 Å². The topological polar surface area (TPSA) is 55.6 Å². The number of hydrogen-bond donors (Lipinski definition) is 1. The number of rotatable bonds is 4. The van der Waals surface area contributed by atoms with Gasteiger partial charge >= 0.3 is 0 Å². The number of nitrogens with one attached hydrogen (secondary N) is 1. The van der Waals surface area contributed by atoms with Gasteiger partial charge in [-0.3, -0.25) is 0 Å². The number of hydrogen-bond acceptors (Lipinski definition) is 6. The molecule has 0 aliphatic heterocycles. The molecule has 3 aromatic rings. The van der Waals surface area contributed by atoms with Crippen LogP contribution in [0.2, 0.25) is 0 Å². The third-order valence-corrected chi connectivity index (χ3v) is 4.21. The molecule has 7 heteroatoms. The summed E-state index contributed by atoms with van der Waals surface area (Å²) in [6, 6.07) is 4.10. The highest BCUT2D eigenvalue weighted by Crippen LogP contribution is 2.25. The van der Waals surface area contributed by atoms with Crippen molar-refractivity contribution in [2.24, 2.45) is 0 Å². The van der Waals surface area contributed by atoms with E-state index in [1.807, 2.05) is 25.5 Å². The number of imidazole rings is 1. The van der Waals surface area contributed by atoms with Gasteiger partial charge in [-0.25, -0.2) is 4.98 Å². The van der Waals surface area contributed by atoms with Gasteiger partial charge in [0, 0.05) is 31.0 Å². The van der Waals surface area contributed by atoms with Crippen molar-refractivity contribution in [3.63, 3.8) is 0 Å². The number of nitrogens with zero attached hydrogens (tertiary/aromatic N) is 4. The SMILES string of the molecule is CNc1snnc1Cn1ccnc1-c1cccs1. The first-order valence-corrected chi connectivity index (χ1v) is 7.08. The molecular formula is C11H11N5S2. The summed E-state index contributed by atoms with van der Waals surface area (Å²) in [5.74, 6) is 0.972. The second kappa shape index (κ2) is 4.87. The summed E-state index contributed by atoms with van der Waals surface area (Å²) in [5.41, 5.74) is 0.943. The Morgan fingerprint density at radius 3 is 3.17 bits per heavy atom. The van der Waals surface area contributed by atoms with Crippen LogP contribution in [0.1, 0.15) is 5.69 Å². The van der Waals surface area contributed by atoms with Crippen LogP contribution in [0.15, 0.2) is 29.9 Å². The van der Waals surface area contributed by atoms with Crippen LogP contribution in [0.4, 0.5) is 5.00 Å². The Morgan fingerprint density at radius 2 is 2.39 bits per heavy atom. The fourth-order valence-corrected chi connectivity index (χ4v) is 2.99. The molecule has 0 aliphatic rings.